The second-order valence-electron chi connectivity index (χ2n) is 1.77. The summed E-state index contributed by atoms with van der Waals surface area (Å²) in [5, 5.41) is 0. The van der Waals surface area contributed by atoms with E-state index in [2.05, 4.69) is 0 Å². The van der Waals surface area contributed by atoms with Crippen LogP contribution in [-0.4, -0.2) is 10.4 Å². The highest BCUT2D eigenvalue weighted by Crippen LogP contribution is 2.17. The topological polar surface area (TPSA) is 54.4 Å². The van der Waals surface area contributed by atoms with E-state index in [0.29, 0.717) is 6.42 Å². The third-order valence-electron chi connectivity index (χ3n) is 0.958. The van der Waals surface area contributed by atoms with Gasteiger partial charge in [0.05, 0.1) is 6.42 Å². The Morgan fingerprint density at radius 3 is 2.56 bits per heavy atom. The zero-order chi connectivity index (χ0) is 7.28. The van der Waals surface area contributed by atoms with Gasteiger partial charge in [-0.15, -0.1) is 0 Å². The van der Waals surface area contributed by atoms with Crippen molar-refractivity contribution < 1.29 is 14.3 Å². The Bertz CT molecular complexity index is 121. The number of hydrogen-bond donors (Lipinski definition) is 1. The smallest absolute Gasteiger partial charge is 0.237 e. The largest absolute Gasteiger partial charge is 0.584 e. The molecule has 0 spiro atoms. The summed E-state index contributed by atoms with van der Waals surface area (Å²) in [7, 11) is -2.56. The van der Waals surface area contributed by atoms with Gasteiger partial charge in [0.2, 0.25) is 0 Å². The molecule has 0 saturated heterocycles. The second-order valence-corrected chi connectivity index (χ2v) is 2.81. The van der Waals surface area contributed by atoms with Gasteiger partial charge in [-0.25, -0.2) is 4.79 Å². The summed E-state index contributed by atoms with van der Waals surface area (Å²) >= 11 is 0. The lowest BCUT2D eigenvalue weighted by Gasteiger charge is -1.82. The molecule has 0 aromatic carbocycles. The van der Waals surface area contributed by atoms with E-state index >= 15 is 0 Å². The maximum absolute atomic E-state index is 10.4. The summed E-state index contributed by atoms with van der Waals surface area (Å²) < 4.78 is 10.0. The highest BCUT2D eigenvalue weighted by atomic mass is 31.1. The first-order valence-electron chi connectivity index (χ1n) is 2.87. The Labute approximate surface area is 54.9 Å². The van der Waals surface area contributed by atoms with Gasteiger partial charge in [0.1, 0.15) is 0 Å². The monoisotopic (exact) mass is 149 g/mol. The van der Waals surface area contributed by atoms with Gasteiger partial charge in [-0.3, -0.25) is 0 Å². The molecule has 9 heavy (non-hydrogen) atoms. The lowest BCUT2D eigenvalue weighted by atomic mass is 10.3. The minimum Gasteiger partial charge on any atom is -0.237 e. The lowest BCUT2D eigenvalue weighted by molar-refractivity contribution is -0.112. The van der Waals surface area contributed by atoms with Crippen molar-refractivity contribution in [2.24, 2.45) is 0 Å². The average molecular weight is 149 g/mol. The number of carbonyl (C=O) groups excluding carboxylic acids is 1. The van der Waals surface area contributed by atoms with Crippen molar-refractivity contribution in [3.05, 3.63) is 0 Å². The first kappa shape index (κ1) is 8.73. The second kappa shape index (κ2) is 4.59. The molecule has 0 saturated carbocycles. The Morgan fingerprint density at radius 1 is 1.67 bits per heavy atom. The van der Waals surface area contributed by atoms with E-state index in [1.54, 1.807) is 0 Å². The molecule has 0 heterocycles. The fraction of sp³-hybridized carbons (Fsp3) is 0.800. The summed E-state index contributed by atoms with van der Waals surface area (Å²) in [6.45, 7) is 1.93. The number of hydrogen-bond acceptors (Lipinski definition) is 2. The van der Waals surface area contributed by atoms with Crippen LogP contribution >= 0.6 is 8.03 Å². The fourth-order valence-electron chi connectivity index (χ4n) is 0.424. The summed E-state index contributed by atoms with van der Waals surface area (Å²) in [5.74, 6) is 0. The SMILES string of the molecule is CCCCC(=O)[P+](=O)O. The molecule has 1 N–H and O–H groups in total. The molecule has 1 unspecified atom stereocenters. The molecule has 0 aromatic rings. The van der Waals surface area contributed by atoms with Gasteiger partial charge in [0, 0.05) is 0 Å². The molecule has 0 rings (SSSR count). The van der Waals surface area contributed by atoms with Crippen molar-refractivity contribution in [1.82, 2.24) is 0 Å². The van der Waals surface area contributed by atoms with E-state index < -0.39 is 13.6 Å². The van der Waals surface area contributed by atoms with Crippen LogP contribution in [0.4, 0.5) is 0 Å². The molecule has 4 heteroatoms. The Balaban J connectivity index is 3.39. The molecule has 52 valence electrons. The molecule has 0 aliphatic heterocycles. The molecular weight excluding hydrogens is 139 g/mol. The van der Waals surface area contributed by atoms with Crippen molar-refractivity contribution in [1.29, 1.82) is 0 Å². The molecule has 3 nitrogen and oxygen atoms in total. The van der Waals surface area contributed by atoms with Gasteiger partial charge in [-0.1, -0.05) is 13.3 Å². The molecule has 0 bridgehead atoms. The molecule has 0 aliphatic carbocycles. The van der Waals surface area contributed by atoms with Crippen molar-refractivity contribution >= 4 is 13.6 Å². The Kier molecular flexibility index (Phi) is 4.46. The normalized spacial score (nSPS) is 11.1. The van der Waals surface area contributed by atoms with Crippen LogP contribution in [0.2, 0.25) is 0 Å². The van der Waals surface area contributed by atoms with Crippen LogP contribution in [0.5, 0.6) is 0 Å². The summed E-state index contributed by atoms with van der Waals surface area (Å²) in [5.41, 5.74) is -0.535. The highest BCUT2D eigenvalue weighted by molar-refractivity contribution is 7.58. The maximum Gasteiger partial charge on any atom is 0.584 e. The first-order valence-corrected chi connectivity index (χ1v) is 4.08. The predicted octanol–water partition coefficient (Wildman–Crippen LogP) is 1.44. The summed E-state index contributed by atoms with van der Waals surface area (Å²) in [6.07, 6.45) is 1.83. The van der Waals surface area contributed by atoms with Gasteiger partial charge < -0.3 is 0 Å². The fourth-order valence-corrected chi connectivity index (χ4v) is 0.773. The minimum atomic E-state index is -2.56. The van der Waals surface area contributed by atoms with Crippen LogP contribution in [0.25, 0.3) is 0 Å². The van der Waals surface area contributed by atoms with Gasteiger partial charge >= 0.3 is 13.6 Å². The zero-order valence-corrected chi connectivity index (χ0v) is 6.23. The van der Waals surface area contributed by atoms with E-state index in [0.717, 1.165) is 6.42 Å². The van der Waals surface area contributed by atoms with Gasteiger partial charge in [0.25, 0.3) is 0 Å². The molecule has 1 atom stereocenters. The van der Waals surface area contributed by atoms with Crippen LogP contribution in [-0.2, 0) is 9.36 Å². The van der Waals surface area contributed by atoms with Crippen molar-refractivity contribution in [2.75, 3.05) is 0 Å². The molecule has 0 aromatic heterocycles. The van der Waals surface area contributed by atoms with Crippen LogP contribution in [0.3, 0.4) is 0 Å². The standard InChI is InChI=1S/C5H9O3P/c1-2-3-4-5(6)9(7)8/h2-4H2,1H3/p+1. The summed E-state index contributed by atoms with van der Waals surface area (Å²) in [4.78, 5) is 18.6. The number of rotatable bonds is 4. The third kappa shape index (κ3) is 4.25. The Hall–Kier alpha value is -0.270. The minimum absolute atomic E-state index is 0.238. The van der Waals surface area contributed by atoms with Crippen molar-refractivity contribution in [2.45, 2.75) is 26.2 Å². The van der Waals surface area contributed by atoms with Crippen molar-refractivity contribution in [3.8, 4) is 0 Å². The van der Waals surface area contributed by atoms with Crippen LogP contribution in [0.15, 0.2) is 0 Å². The molecular formula is C5H10O3P+. The third-order valence-corrected chi connectivity index (χ3v) is 1.61. The first-order chi connectivity index (χ1) is 4.18. The average Bonchev–Trinajstić information content (AvgIpc) is 1.82. The highest BCUT2D eigenvalue weighted by Gasteiger charge is 2.23. The number of unbranched alkanes of at least 4 members (excludes halogenated alkanes) is 1. The van der Waals surface area contributed by atoms with Crippen molar-refractivity contribution in [3.63, 3.8) is 0 Å². The van der Waals surface area contributed by atoms with Gasteiger partial charge in [-0.2, -0.15) is 4.89 Å². The lowest BCUT2D eigenvalue weighted by Crippen LogP contribution is -1.88. The van der Waals surface area contributed by atoms with Gasteiger partial charge in [0.15, 0.2) is 0 Å². The van der Waals surface area contributed by atoms with Gasteiger partial charge in [-0.05, 0) is 11.0 Å². The van der Waals surface area contributed by atoms with E-state index in [9.17, 15) is 9.36 Å². The van der Waals surface area contributed by atoms with E-state index in [4.69, 9.17) is 4.89 Å². The zero-order valence-electron chi connectivity index (χ0n) is 5.33. The van der Waals surface area contributed by atoms with Crippen LogP contribution < -0.4 is 0 Å². The van der Waals surface area contributed by atoms with Crippen LogP contribution in [0, 0.1) is 0 Å². The molecule has 0 radical (unpaired) electrons. The van der Waals surface area contributed by atoms with E-state index in [1.807, 2.05) is 6.92 Å². The molecule has 0 amide bonds. The van der Waals surface area contributed by atoms with Crippen LogP contribution in [0.1, 0.15) is 26.2 Å². The molecule has 0 fully saturated rings. The Morgan fingerprint density at radius 2 is 2.22 bits per heavy atom. The molecule has 0 aliphatic rings. The van der Waals surface area contributed by atoms with E-state index in [1.165, 1.54) is 0 Å². The predicted molar refractivity (Wildman–Crippen MR) is 34.4 cm³/mol. The number of carbonyl (C=O) groups is 1. The van der Waals surface area contributed by atoms with E-state index in [-0.39, 0.29) is 6.42 Å². The maximum atomic E-state index is 10.4. The quantitative estimate of drug-likeness (QED) is 0.615. The summed E-state index contributed by atoms with van der Waals surface area (Å²) in [6, 6.07) is 0.